The van der Waals surface area contributed by atoms with Crippen molar-refractivity contribution in [2.75, 3.05) is 7.11 Å². The van der Waals surface area contributed by atoms with Gasteiger partial charge in [-0.05, 0) is 42.0 Å². The van der Waals surface area contributed by atoms with Crippen molar-refractivity contribution in [3.8, 4) is 17.3 Å². The van der Waals surface area contributed by atoms with Gasteiger partial charge in [0.25, 0.3) is 6.01 Å². The molecule has 0 aliphatic heterocycles. The Morgan fingerprint density at radius 3 is 2.94 bits per heavy atom. The molecular formula is C13H14N2O. The number of fused-ring (bicyclic) bond motifs is 1. The zero-order valence-electron chi connectivity index (χ0n) is 9.29. The molecule has 1 aliphatic rings. The molecule has 3 rings (SSSR count). The Labute approximate surface area is 94.5 Å². The maximum Gasteiger partial charge on any atom is 0.293 e. The number of hydrogen-bond acceptors (Lipinski definition) is 2. The molecule has 16 heavy (non-hydrogen) atoms. The smallest absolute Gasteiger partial charge is 0.293 e. The van der Waals surface area contributed by atoms with Gasteiger partial charge >= 0.3 is 0 Å². The highest BCUT2D eigenvalue weighted by Gasteiger charge is 2.12. The molecule has 0 atom stereocenters. The molecule has 2 aromatic rings. The lowest BCUT2D eigenvalue weighted by molar-refractivity contribution is 0.384. The number of hydrogen-bond donors (Lipinski definition) is 1. The molecule has 0 amide bonds. The van der Waals surface area contributed by atoms with E-state index < -0.39 is 0 Å². The number of aryl methyl sites for hydroxylation is 2. The molecule has 0 unspecified atom stereocenters. The van der Waals surface area contributed by atoms with Crippen LogP contribution < -0.4 is 4.74 Å². The second-order valence-electron chi connectivity index (χ2n) is 4.14. The summed E-state index contributed by atoms with van der Waals surface area (Å²) in [5.74, 6) is 0. The average Bonchev–Trinajstić information content (AvgIpc) is 2.96. The van der Waals surface area contributed by atoms with Gasteiger partial charge in [0.05, 0.1) is 19.0 Å². The highest BCUT2D eigenvalue weighted by molar-refractivity contribution is 5.61. The van der Waals surface area contributed by atoms with Gasteiger partial charge in [0, 0.05) is 0 Å². The summed E-state index contributed by atoms with van der Waals surface area (Å²) in [7, 11) is 1.62. The molecule has 0 spiro atoms. The van der Waals surface area contributed by atoms with Crippen molar-refractivity contribution in [2.24, 2.45) is 0 Å². The number of aromatic amines is 1. The number of H-pyrrole nitrogens is 1. The number of aromatic nitrogens is 2. The van der Waals surface area contributed by atoms with Crippen LogP contribution in [-0.4, -0.2) is 17.1 Å². The van der Waals surface area contributed by atoms with Crippen molar-refractivity contribution in [3.05, 3.63) is 35.5 Å². The van der Waals surface area contributed by atoms with Gasteiger partial charge < -0.3 is 9.72 Å². The third kappa shape index (κ3) is 1.48. The van der Waals surface area contributed by atoms with E-state index in [4.69, 9.17) is 4.74 Å². The second-order valence-corrected chi connectivity index (χ2v) is 4.14. The van der Waals surface area contributed by atoms with Crippen LogP contribution in [0.25, 0.3) is 11.3 Å². The van der Waals surface area contributed by atoms with Crippen molar-refractivity contribution < 1.29 is 4.74 Å². The van der Waals surface area contributed by atoms with Crippen LogP contribution in [0.3, 0.4) is 0 Å². The minimum absolute atomic E-state index is 0.565. The highest BCUT2D eigenvalue weighted by Crippen LogP contribution is 2.27. The molecule has 0 fully saturated rings. The average molecular weight is 214 g/mol. The second kappa shape index (κ2) is 3.67. The van der Waals surface area contributed by atoms with Gasteiger partial charge in [0.1, 0.15) is 0 Å². The van der Waals surface area contributed by atoms with Crippen molar-refractivity contribution in [3.63, 3.8) is 0 Å². The lowest BCUT2D eigenvalue weighted by Gasteiger charge is -2.02. The van der Waals surface area contributed by atoms with Crippen molar-refractivity contribution in [1.29, 1.82) is 0 Å². The van der Waals surface area contributed by atoms with E-state index in [9.17, 15) is 0 Å². The Bertz CT molecular complexity index is 516. The van der Waals surface area contributed by atoms with Crippen molar-refractivity contribution in [1.82, 2.24) is 9.97 Å². The lowest BCUT2D eigenvalue weighted by Crippen LogP contribution is -1.86. The molecule has 1 heterocycles. The minimum atomic E-state index is 0.565. The zero-order chi connectivity index (χ0) is 11.0. The maximum atomic E-state index is 5.04. The first kappa shape index (κ1) is 9.46. The summed E-state index contributed by atoms with van der Waals surface area (Å²) in [4.78, 5) is 7.26. The number of nitrogens with zero attached hydrogens (tertiary/aromatic N) is 1. The van der Waals surface area contributed by atoms with Crippen LogP contribution in [0.5, 0.6) is 6.01 Å². The summed E-state index contributed by atoms with van der Waals surface area (Å²) in [6.45, 7) is 0. The van der Waals surface area contributed by atoms with Gasteiger partial charge in [0.2, 0.25) is 0 Å². The summed E-state index contributed by atoms with van der Waals surface area (Å²) in [6, 6.07) is 7.20. The summed E-state index contributed by atoms with van der Waals surface area (Å²) in [5, 5.41) is 0. The van der Waals surface area contributed by atoms with Crippen molar-refractivity contribution in [2.45, 2.75) is 19.3 Å². The van der Waals surface area contributed by atoms with E-state index in [2.05, 4.69) is 28.2 Å². The van der Waals surface area contributed by atoms with Crippen LogP contribution in [-0.2, 0) is 12.8 Å². The first-order valence-corrected chi connectivity index (χ1v) is 5.58. The summed E-state index contributed by atoms with van der Waals surface area (Å²) in [6.07, 6.45) is 5.52. The highest BCUT2D eigenvalue weighted by atomic mass is 16.5. The molecule has 3 nitrogen and oxygen atoms in total. The Kier molecular flexibility index (Phi) is 2.17. The molecular weight excluding hydrogens is 200 g/mol. The first-order valence-electron chi connectivity index (χ1n) is 5.58. The van der Waals surface area contributed by atoms with E-state index in [0.29, 0.717) is 6.01 Å². The van der Waals surface area contributed by atoms with E-state index in [1.165, 1.54) is 36.0 Å². The van der Waals surface area contributed by atoms with Crippen LogP contribution in [0, 0.1) is 0 Å². The van der Waals surface area contributed by atoms with Gasteiger partial charge in [-0.25, -0.2) is 4.98 Å². The fourth-order valence-corrected chi connectivity index (χ4v) is 2.29. The Morgan fingerprint density at radius 2 is 2.12 bits per heavy atom. The lowest BCUT2D eigenvalue weighted by atomic mass is 10.1. The normalized spacial score (nSPS) is 13.8. The summed E-state index contributed by atoms with van der Waals surface area (Å²) >= 11 is 0. The molecule has 1 N–H and O–H groups in total. The van der Waals surface area contributed by atoms with E-state index in [1.54, 1.807) is 7.11 Å². The van der Waals surface area contributed by atoms with E-state index in [0.717, 1.165) is 5.69 Å². The monoisotopic (exact) mass is 214 g/mol. The van der Waals surface area contributed by atoms with Crippen molar-refractivity contribution >= 4 is 0 Å². The molecule has 0 radical (unpaired) electrons. The van der Waals surface area contributed by atoms with Gasteiger partial charge in [-0.2, -0.15) is 0 Å². The predicted molar refractivity (Wildman–Crippen MR) is 62.6 cm³/mol. The maximum absolute atomic E-state index is 5.04. The third-order valence-electron chi connectivity index (χ3n) is 3.16. The van der Waals surface area contributed by atoms with Gasteiger partial charge in [-0.1, -0.05) is 12.1 Å². The van der Waals surface area contributed by atoms with Crippen LogP contribution >= 0.6 is 0 Å². The summed E-state index contributed by atoms with van der Waals surface area (Å²) in [5.41, 5.74) is 5.18. The SMILES string of the molecule is COc1ncc(-c2ccc3c(c2)CCC3)[nH]1. The zero-order valence-corrected chi connectivity index (χ0v) is 9.29. The Hall–Kier alpha value is -1.77. The van der Waals surface area contributed by atoms with E-state index >= 15 is 0 Å². The van der Waals surface area contributed by atoms with E-state index in [1.807, 2.05) is 6.20 Å². The minimum Gasteiger partial charge on any atom is -0.468 e. The standard InChI is InChI=1S/C13H14N2O/c1-16-13-14-8-12(15-13)11-6-5-9-3-2-4-10(9)7-11/h5-8H,2-4H2,1H3,(H,14,15). The fraction of sp³-hybridized carbons (Fsp3) is 0.308. The molecule has 3 heteroatoms. The quantitative estimate of drug-likeness (QED) is 0.834. The van der Waals surface area contributed by atoms with Gasteiger partial charge in [0.15, 0.2) is 0 Å². The largest absolute Gasteiger partial charge is 0.468 e. The number of methoxy groups -OCH3 is 1. The van der Waals surface area contributed by atoms with Gasteiger partial charge in [-0.15, -0.1) is 0 Å². The number of ether oxygens (including phenoxy) is 1. The Morgan fingerprint density at radius 1 is 1.25 bits per heavy atom. The number of nitrogens with one attached hydrogen (secondary N) is 1. The topological polar surface area (TPSA) is 37.9 Å². The first-order chi connectivity index (χ1) is 7.86. The molecule has 82 valence electrons. The molecule has 1 aliphatic carbocycles. The van der Waals surface area contributed by atoms with Crippen LogP contribution in [0.1, 0.15) is 17.5 Å². The van der Waals surface area contributed by atoms with Gasteiger partial charge in [-0.3, -0.25) is 0 Å². The Balaban J connectivity index is 2.00. The number of rotatable bonds is 2. The van der Waals surface area contributed by atoms with Crippen LogP contribution in [0.15, 0.2) is 24.4 Å². The van der Waals surface area contributed by atoms with E-state index in [-0.39, 0.29) is 0 Å². The number of benzene rings is 1. The molecule has 0 saturated heterocycles. The molecule has 1 aromatic heterocycles. The summed E-state index contributed by atoms with van der Waals surface area (Å²) < 4.78 is 5.04. The van der Waals surface area contributed by atoms with Crippen LogP contribution in [0.2, 0.25) is 0 Å². The van der Waals surface area contributed by atoms with Crippen LogP contribution in [0.4, 0.5) is 0 Å². The predicted octanol–water partition coefficient (Wildman–Crippen LogP) is 2.57. The molecule has 0 bridgehead atoms. The molecule has 0 saturated carbocycles. The fourth-order valence-electron chi connectivity index (χ4n) is 2.29. The number of imidazole rings is 1. The third-order valence-corrected chi connectivity index (χ3v) is 3.16. The molecule has 1 aromatic carbocycles.